The van der Waals surface area contributed by atoms with Gasteiger partial charge in [0.1, 0.15) is 42.7 Å². The second kappa shape index (κ2) is 15.9. The second-order valence-corrected chi connectivity index (χ2v) is 21.0. The Balaban J connectivity index is 1.43. The number of rotatable bonds is 9. The van der Waals surface area contributed by atoms with Crippen LogP contribution in [0.1, 0.15) is 128 Å². The van der Waals surface area contributed by atoms with E-state index in [1.807, 2.05) is 13.8 Å². The van der Waals surface area contributed by atoms with Crippen molar-refractivity contribution in [3.8, 4) is 0 Å². The molecule has 2 aliphatic heterocycles. The monoisotopic (exact) mass is 811 g/mol. The Morgan fingerprint density at radius 2 is 1.30 bits per heavy atom. The molecule has 13 nitrogen and oxygen atoms in total. The maximum absolute atomic E-state index is 12.8. The van der Waals surface area contributed by atoms with Crippen LogP contribution >= 0.6 is 0 Å². The summed E-state index contributed by atoms with van der Waals surface area (Å²) in [6, 6.07) is 0. The Bertz CT molecular complexity index is 1480. The normalized spacial score (nSPS) is 51.4. The fourth-order valence-electron chi connectivity index (χ4n) is 13.5. The van der Waals surface area contributed by atoms with Crippen molar-refractivity contribution >= 4 is 5.97 Å². The van der Waals surface area contributed by atoms with Gasteiger partial charge in [0.05, 0.1) is 30.0 Å². The van der Waals surface area contributed by atoms with Gasteiger partial charge in [-0.25, -0.2) is 0 Å². The van der Waals surface area contributed by atoms with E-state index in [4.69, 9.17) is 23.7 Å². The lowest BCUT2D eigenvalue weighted by Gasteiger charge is -2.72. The van der Waals surface area contributed by atoms with Crippen LogP contribution in [-0.2, 0) is 28.5 Å². The summed E-state index contributed by atoms with van der Waals surface area (Å²) in [6.45, 7) is 21.8. The summed E-state index contributed by atoms with van der Waals surface area (Å²) in [5.41, 5.74) is -1.08. The fourth-order valence-corrected chi connectivity index (χ4v) is 13.5. The molecule has 0 unspecified atom stereocenters. The van der Waals surface area contributed by atoms with Crippen molar-refractivity contribution in [2.45, 2.75) is 213 Å². The van der Waals surface area contributed by atoms with Crippen LogP contribution in [0.25, 0.3) is 0 Å². The van der Waals surface area contributed by atoms with Crippen LogP contribution in [-0.4, -0.2) is 127 Å². The molecule has 328 valence electrons. The van der Waals surface area contributed by atoms with Crippen LogP contribution in [0.3, 0.4) is 0 Å². The van der Waals surface area contributed by atoms with Gasteiger partial charge in [0, 0.05) is 12.3 Å². The predicted molar refractivity (Wildman–Crippen MR) is 209 cm³/mol. The molecule has 2 heterocycles. The van der Waals surface area contributed by atoms with Crippen LogP contribution in [0, 0.1) is 45.3 Å². The van der Waals surface area contributed by atoms with Crippen molar-refractivity contribution in [2.24, 2.45) is 45.3 Å². The number of carbonyl (C=O) groups is 1. The molecule has 13 heteroatoms. The highest BCUT2D eigenvalue weighted by Gasteiger charge is 2.73. The molecule has 0 aromatic carbocycles. The molecule has 0 aromatic rings. The first-order valence-electron chi connectivity index (χ1n) is 21.5. The van der Waals surface area contributed by atoms with E-state index in [2.05, 4.69) is 47.6 Å². The maximum atomic E-state index is 12.8. The number of esters is 1. The number of hydrogen-bond acceptors (Lipinski definition) is 13. The van der Waals surface area contributed by atoms with Crippen LogP contribution in [0.2, 0.25) is 0 Å². The molecule has 6 aliphatic rings. The largest absolute Gasteiger partial charge is 0.459 e. The van der Waals surface area contributed by atoms with Gasteiger partial charge in [-0.15, -0.1) is 0 Å². The highest BCUT2D eigenvalue weighted by atomic mass is 16.7. The van der Waals surface area contributed by atoms with Crippen molar-refractivity contribution in [3.63, 3.8) is 0 Å². The average molecular weight is 811 g/mol. The zero-order valence-electron chi connectivity index (χ0n) is 36.1. The summed E-state index contributed by atoms with van der Waals surface area (Å²) in [6.07, 6.45) is -6.16. The summed E-state index contributed by atoms with van der Waals surface area (Å²) in [5, 5.41) is 75.6. The Morgan fingerprint density at radius 3 is 1.82 bits per heavy atom. The minimum atomic E-state index is -1.55. The van der Waals surface area contributed by atoms with Crippen LogP contribution in [0.4, 0.5) is 0 Å². The number of fused-ring (bicyclic) bond motifs is 5. The molecule has 0 spiro atoms. The highest BCUT2D eigenvalue weighted by Crippen LogP contribution is 2.76. The summed E-state index contributed by atoms with van der Waals surface area (Å²) >= 11 is 0. The maximum Gasteiger partial charge on any atom is 0.303 e. The minimum Gasteiger partial charge on any atom is -0.459 e. The summed E-state index contributed by atoms with van der Waals surface area (Å²) < 4.78 is 31.9. The number of aliphatic hydroxyl groups excluding tert-OH is 6. The molecule has 0 aromatic heterocycles. The molecule has 7 N–H and O–H groups in total. The Hall–Kier alpha value is -1.23. The van der Waals surface area contributed by atoms with Crippen LogP contribution in [0.5, 0.6) is 0 Å². The summed E-state index contributed by atoms with van der Waals surface area (Å²) in [7, 11) is 0. The van der Waals surface area contributed by atoms with E-state index in [9.17, 15) is 40.5 Å². The van der Waals surface area contributed by atoms with E-state index in [0.29, 0.717) is 19.3 Å². The van der Waals surface area contributed by atoms with Crippen molar-refractivity contribution < 1.29 is 64.2 Å². The lowest BCUT2D eigenvalue weighted by Crippen LogP contribution is -2.71. The van der Waals surface area contributed by atoms with Gasteiger partial charge < -0.3 is 59.4 Å². The van der Waals surface area contributed by atoms with Crippen LogP contribution in [0.15, 0.2) is 11.6 Å². The number of ether oxygens (including phenoxy) is 5. The van der Waals surface area contributed by atoms with Crippen molar-refractivity contribution in [1.29, 1.82) is 0 Å². The third-order valence-electron chi connectivity index (χ3n) is 16.5. The third-order valence-corrected chi connectivity index (χ3v) is 16.5. The van der Waals surface area contributed by atoms with Gasteiger partial charge >= 0.3 is 5.97 Å². The molecule has 20 atom stereocenters. The minimum absolute atomic E-state index is 0.00580. The number of carbonyl (C=O) groups excluding carboxylic acids is 1. The lowest BCUT2D eigenvalue weighted by molar-refractivity contribution is -0.351. The van der Waals surface area contributed by atoms with Crippen molar-refractivity contribution in [2.75, 3.05) is 0 Å². The van der Waals surface area contributed by atoms with Gasteiger partial charge in [-0.05, 0) is 126 Å². The highest BCUT2D eigenvalue weighted by molar-refractivity contribution is 5.66. The van der Waals surface area contributed by atoms with E-state index in [1.54, 1.807) is 13.8 Å². The lowest BCUT2D eigenvalue weighted by atomic mass is 9.34. The Morgan fingerprint density at radius 1 is 0.772 bits per heavy atom. The first kappa shape index (κ1) is 45.3. The molecule has 0 amide bonds. The summed E-state index contributed by atoms with van der Waals surface area (Å²) in [5.74, 6) is -0.114. The summed E-state index contributed by atoms with van der Waals surface area (Å²) in [4.78, 5) is 12.8. The van der Waals surface area contributed by atoms with Gasteiger partial charge in [0.25, 0.3) is 0 Å². The van der Waals surface area contributed by atoms with E-state index in [1.165, 1.54) is 12.5 Å². The quantitative estimate of drug-likeness (QED) is 0.101. The first-order chi connectivity index (χ1) is 26.3. The van der Waals surface area contributed by atoms with Gasteiger partial charge in [-0.1, -0.05) is 46.3 Å². The molecule has 4 saturated carbocycles. The molecular formula is C44H74O13. The standard InChI is InChI=1S/C44H74O13/c1-21(13-12-16-40(5,6)52)25-14-17-43(10)26(25)19-27(56-38-34(50)32(48)30(46)22(2)53-38)36-42(9)20-28(57-39-35(51)33(49)31(47)23(3)54-39)37(55-24(4)45)41(7,8)29(42)15-18-44(36,43)11/h13,22-23,25-39,46-52H,12,14-20H2,1-11H3/b21-13-/t22-,23-,25-,26-,27-,28-,29+,30+,31-,32+,33+,34-,35-,36-,37-,38+,39+,42+,43-,44-/m1/s1. The Labute approximate surface area is 339 Å². The second-order valence-electron chi connectivity index (χ2n) is 21.0. The fraction of sp³-hybridized carbons (Fsp3) is 0.932. The first-order valence-corrected chi connectivity index (χ1v) is 21.5. The van der Waals surface area contributed by atoms with Crippen molar-refractivity contribution in [1.82, 2.24) is 0 Å². The molecule has 57 heavy (non-hydrogen) atoms. The van der Waals surface area contributed by atoms with E-state index < -0.39 is 102 Å². The van der Waals surface area contributed by atoms with E-state index in [-0.39, 0.29) is 34.5 Å². The topological polar surface area (TPSA) is 205 Å². The zero-order chi connectivity index (χ0) is 42.4. The SMILES string of the molecule is CC(=O)O[C@@H]1[C@H](O[C@@H]2O[C@H](C)[C@@H](O)[C@H](O)[C@H]2O)C[C@]2(C)[C@H]3[C@H](O[C@@H]4O[C@H](C)[C@H](O)[C@H](O)[C@H]4O)C[C@@H]4[C@@H](/C(C)=C\CCC(C)(C)O)CC[C@@]4(C)[C@]3(C)CC[C@H]2C1(C)C. The van der Waals surface area contributed by atoms with Gasteiger partial charge in [-0.3, -0.25) is 4.79 Å². The molecule has 0 bridgehead atoms. The average Bonchev–Trinajstić information content (AvgIpc) is 3.45. The molecular weight excluding hydrogens is 736 g/mol. The number of allylic oxidation sites excluding steroid dienone is 2. The molecule has 6 fully saturated rings. The number of aliphatic hydroxyl groups is 7. The molecule has 4 aliphatic carbocycles. The van der Waals surface area contributed by atoms with E-state index in [0.717, 1.165) is 32.1 Å². The van der Waals surface area contributed by atoms with E-state index >= 15 is 0 Å². The van der Waals surface area contributed by atoms with Crippen molar-refractivity contribution in [3.05, 3.63) is 11.6 Å². The molecule has 2 saturated heterocycles. The zero-order valence-corrected chi connectivity index (χ0v) is 36.1. The van der Waals surface area contributed by atoms with Gasteiger partial charge in [0.2, 0.25) is 0 Å². The number of hydrogen-bond donors (Lipinski definition) is 7. The third kappa shape index (κ3) is 7.81. The van der Waals surface area contributed by atoms with Gasteiger partial charge in [0.15, 0.2) is 12.6 Å². The molecule has 0 radical (unpaired) electrons. The smallest absolute Gasteiger partial charge is 0.303 e. The van der Waals surface area contributed by atoms with Gasteiger partial charge in [-0.2, -0.15) is 0 Å². The predicted octanol–water partition coefficient (Wildman–Crippen LogP) is 3.75. The van der Waals surface area contributed by atoms with Crippen LogP contribution < -0.4 is 0 Å². The Kier molecular flexibility index (Phi) is 12.6. The molecule has 6 rings (SSSR count).